The molecule has 0 bridgehead atoms. The number of benzene rings is 1. The van der Waals surface area contributed by atoms with Crippen molar-refractivity contribution in [2.75, 3.05) is 18.8 Å². The van der Waals surface area contributed by atoms with Gasteiger partial charge in [0.25, 0.3) is 0 Å². The molecule has 2 rings (SSSR count). The molecule has 22 heavy (non-hydrogen) atoms. The highest BCUT2D eigenvalue weighted by Gasteiger charge is 2.29. The molecule has 0 saturated carbocycles. The molecule has 1 aliphatic heterocycles. The van der Waals surface area contributed by atoms with Crippen LogP contribution in [0.15, 0.2) is 35.2 Å². The zero-order valence-electron chi connectivity index (χ0n) is 12.4. The Labute approximate surface area is 131 Å². The van der Waals surface area contributed by atoms with E-state index in [1.165, 1.54) is 0 Å². The normalized spacial score (nSPS) is 21.7. The van der Waals surface area contributed by atoms with Gasteiger partial charge in [0, 0.05) is 13.1 Å². The van der Waals surface area contributed by atoms with Gasteiger partial charge in [-0.1, -0.05) is 18.2 Å². The van der Waals surface area contributed by atoms with E-state index < -0.39 is 15.9 Å². The van der Waals surface area contributed by atoms with Crippen molar-refractivity contribution in [3.05, 3.63) is 30.3 Å². The number of hydrogen-bond acceptors (Lipinski definition) is 5. The molecule has 3 N–H and O–H groups in total. The summed E-state index contributed by atoms with van der Waals surface area (Å²) in [5, 5.41) is 2.72. The van der Waals surface area contributed by atoms with Gasteiger partial charge in [0.1, 0.15) is 6.10 Å². The fraction of sp³-hybridized carbons (Fsp3) is 0.533. The maximum atomic E-state index is 12.1. The van der Waals surface area contributed by atoms with E-state index in [0.29, 0.717) is 30.8 Å². The Balaban J connectivity index is 1.72. The van der Waals surface area contributed by atoms with E-state index in [2.05, 4.69) is 5.32 Å². The molecule has 122 valence electrons. The molecule has 1 aromatic carbocycles. The monoisotopic (exact) mass is 326 g/mol. The predicted octanol–water partition coefficient (Wildman–Crippen LogP) is 0.473. The van der Waals surface area contributed by atoms with Crippen LogP contribution in [-0.4, -0.2) is 45.4 Å². The van der Waals surface area contributed by atoms with Crippen molar-refractivity contribution in [1.29, 1.82) is 0 Å². The van der Waals surface area contributed by atoms with Gasteiger partial charge in [0.2, 0.25) is 5.91 Å². The van der Waals surface area contributed by atoms with Crippen molar-refractivity contribution in [2.24, 2.45) is 5.73 Å². The molecule has 1 heterocycles. The average molecular weight is 326 g/mol. The van der Waals surface area contributed by atoms with Gasteiger partial charge in [-0.25, -0.2) is 8.42 Å². The van der Waals surface area contributed by atoms with Crippen LogP contribution in [0.5, 0.6) is 0 Å². The first-order valence-electron chi connectivity index (χ1n) is 7.44. The molecule has 0 unspecified atom stereocenters. The Bertz CT molecular complexity index is 589. The van der Waals surface area contributed by atoms with E-state index in [4.69, 9.17) is 10.5 Å². The first-order valence-corrected chi connectivity index (χ1v) is 9.09. The van der Waals surface area contributed by atoms with Crippen LogP contribution < -0.4 is 11.1 Å². The number of hydrogen-bond donors (Lipinski definition) is 2. The van der Waals surface area contributed by atoms with Crippen LogP contribution in [0, 0.1) is 0 Å². The highest BCUT2D eigenvalue weighted by Crippen LogP contribution is 2.18. The van der Waals surface area contributed by atoms with Crippen molar-refractivity contribution in [3.63, 3.8) is 0 Å². The van der Waals surface area contributed by atoms with Gasteiger partial charge in [-0.2, -0.15) is 0 Å². The second-order valence-electron chi connectivity index (χ2n) is 5.34. The first-order chi connectivity index (χ1) is 10.5. The molecule has 6 nitrogen and oxygen atoms in total. The quantitative estimate of drug-likeness (QED) is 0.710. The number of ether oxygens (including phenoxy) is 1. The van der Waals surface area contributed by atoms with E-state index in [1.54, 1.807) is 30.3 Å². The molecule has 1 amide bonds. The summed E-state index contributed by atoms with van der Waals surface area (Å²) >= 11 is 0. The number of amides is 1. The predicted molar refractivity (Wildman–Crippen MR) is 83.1 cm³/mol. The SMILES string of the molecule is NC[C@H]1CC[C@@H](C(=O)NCCCS(=O)(=O)c2ccccc2)O1. The number of nitrogens with one attached hydrogen (secondary N) is 1. The molecule has 0 radical (unpaired) electrons. The van der Waals surface area contributed by atoms with Crippen molar-refractivity contribution in [1.82, 2.24) is 5.32 Å². The number of nitrogens with two attached hydrogens (primary N) is 1. The van der Waals surface area contributed by atoms with Crippen LogP contribution in [0.3, 0.4) is 0 Å². The highest BCUT2D eigenvalue weighted by molar-refractivity contribution is 7.91. The van der Waals surface area contributed by atoms with Crippen molar-refractivity contribution in [2.45, 2.75) is 36.4 Å². The fourth-order valence-electron chi connectivity index (χ4n) is 2.41. The second kappa shape index (κ2) is 7.71. The van der Waals surface area contributed by atoms with Crippen LogP contribution in [0.1, 0.15) is 19.3 Å². The van der Waals surface area contributed by atoms with E-state index in [-0.39, 0.29) is 17.8 Å². The summed E-state index contributed by atoms with van der Waals surface area (Å²) in [6.45, 7) is 0.733. The van der Waals surface area contributed by atoms with Crippen molar-refractivity contribution >= 4 is 15.7 Å². The molecule has 1 saturated heterocycles. The summed E-state index contributed by atoms with van der Waals surface area (Å²) < 4.78 is 29.6. The lowest BCUT2D eigenvalue weighted by molar-refractivity contribution is -0.131. The molecule has 1 aliphatic rings. The molecule has 1 aromatic rings. The lowest BCUT2D eigenvalue weighted by Crippen LogP contribution is -2.36. The number of sulfone groups is 1. The summed E-state index contributed by atoms with van der Waals surface area (Å²) in [7, 11) is -3.29. The largest absolute Gasteiger partial charge is 0.364 e. The molecular formula is C15H22N2O4S. The van der Waals surface area contributed by atoms with Gasteiger partial charge in [-0.05, 0) is 31.4 Å². The fourth-order valence-corrected chi connectivity index (χ4v) is 3.74. The third-order valence-corrected chi connectivity index (χ3v) is 5.47. The molecule has 0 spiro atoms. The zero-order chi connectivity index (χ0) is 16.0. The standard InChI is InChI=1S/C15H22N2O4S/c16-11-12-7-8-14(21-12)15(18)17-9-4-10-22(19,20)13-5-2-1-3-6-13/h1-3,5-6,12,14H,4,7-11,16H2,(H,17,18)/t12-,14+/m1/s1. The summed E-state index contributed by atoms with van der Waals surface area (Å²) in [4.78, 5) is 12.2. The topological polar surface area (TPSA) is 98.5 Å². The minimum absolute atomic E-state index is 0.00818. The summed E-state index contributed by atoms with van der Waals surface area (Å²) in [5.74, 6) is -0.179. The average Bonchev–Trinajstić information content (AvgIpc) is 3.01. The minimum atomic E-state index is -3.29. The van der Waals surface area contributed by atoms with E-state index in [1.807, 2.05) is 0 Å². The Morgan fingerprint density at radius 3 is 2.64 bits per heavy atom. The Hall–Kier alpha value is -1.44. The number of rotatable bonds is 7. The minimum Gasteiger partial charge on any atom is -0.364 e. The van der Waals surface area contributed by atoms with Gasteiger partial charge < -0.3 is 15.8 Å². The van der Waals surface area contributed by atoms with Crippen LogP contribution in [0.2, 0.25) is 0 Å². The zero-order valence-corrected chi connectivity index (χ0v) is 13.2. The Morgan fingerprint density at radius 2 is 2.00 bits per heavy atom. The van der Waals surface area contributed by atoms with E-state index >= 15 is 0 Å². The first kappa shape index (κ1) is 16.9. The van der Waals surface area contributed by atoms with E-state index in [0.717, 1.165) is 6.42 Å². The van der Waals surface area contributed by atoms with Gasteiger partial charge in [0.15, 0.2) is 9.84 Å². The molecule has 2 atom stereocenters. The molecule has 0 aromatic heterocycles. The summed E-state index contributed by atoms with van der Waals surface area (Å²) in [6, 6.07) is 8.32. The van der Waals surface area contributed by atoms with Crippen LogP contribution >= 0.6 is 0 Å². The van der Waals surface area contributed by atoms with Gasteiger partial charge >= 0.3 is 0 Å². The Kier molecular flexibility index (Phi) is 5.93. The van der Waals surface area contributed by atoms with Crippen molar-refractivity contribution < 1.29 is 17.9 Å². The van der Waals surface area contributed by atoms with Crippen LogP contribution in [0.4, 0.5) is 0 Å². The third-order valence-electron chi connectivity index (χ3n) is 3.65. The van der Waals surface area contributed by atoms with Crippen LogP contribution in [-0.2, 0) is 19.4 Å². The molecule has 0 aliphatic carbocycles. The van der Waals surface area contributed by atoms with Crippen molar-refractivity contribution in [3.8, 4) is 0 Å². The molecular weight excluding hydrogens is 304 g/mol. The highest BCUT2D eigenvalue weighted by atomic mass is 32.2. The maximum Gasteiger partial charge on any atom is 0.249 e. The van der Waals surface area contributed by atoms with Crippen LogP contribution in [0.25, 0.3) is 0 Å². The Morgan fingerprint density at radius 1 is 1.27 bits per heavy atom. The lowest BCUT2D eigenvalue weighted by Gasteiger charge is -2.12. The number of carbonyl (C=O) groups excluding carboxylic acids is 1. The molecule has 7 heteroatoms. The number of carbonyl (C=O) groups is 1. The third kappa shape index (κ3) is 4.53. The molecule has 1 fully saturated rings. The summed E-state index contributed by atoms with van der Waals surface area (Å²) in [5.41, 5.74) is 5.50. The second-order valence-corrected chi connectivity index (χ2v) is 7.45. The van der Waals surface area contributed by atoms with Gasteiger partial charge in [-0.3, -0.25) is 4.79 Å². The van der Waals surface area contributed by atoms with Gasteiger partial charge in [0.05, 0.1) is 16.8 Å². The smallest absolute Gasteiger partial charge is 0.249 e. The van der Waals surface area contributed by atoms with Gasteiger partial charge in [-0.15, -0.1) is 0 Å². The van der Waals surface area contributed by atoms with E-state index in [9.17, 15) is 13.2 Å². The maximum absolute atomic E-state index is 12.1. The summed E-state index contributed by atoms with van der Waals surface area (Å²) in [6.07, 6.45) is 1.32. The lowest BCUT2D eigenvalue weighted by atomic mass is 10.2.